The van der Waals surface area contributed by atoms with Crippen molar-refractivity contribution in [1.29, 1.82) is 0 Å². The first kappa shape index (κ1) is 15.5. The molecule has 1 aromatic rings. The van der Waals surface area contributed by atoms with E-state index in [0.29, 0.717) is 18.3 Å². The minimum atomic E-state index is -3.11. The maximum Gasteiger partial charge on any atom is 0.214 e. The highest BCUT2D eigenvalue weighted by molar-refractivity contribution is 7.89. The van der Waals surface area contributed by atoms with Gasteiger partial charge in [0.1, 0.15) is 0 Å². The third-order valence-electron chi connectivity index (χ3n) is 4.04. The smallest absolute Gasteiger partial charge is 0.214 e. The molecule has 1 aromatic heterocycles. The second-order valence-electron chi connectivity index (χ2n) is 6.11. The van der Waals surface area contributed by atoms with Crippen LogP contribution in [0.4, 0.5) is 0 Å². The van der Waals surface area contributed by atoms with Gasteiger partial charge in [0.25, 0.3) is 0 Å². The van der Waals surface area contributed by atoms with Crippen LogP contribution >= 0.6 is 11.3 Å². The van der Waals surface area contributed by atoms with Crippen LogP contribution in [0.3, 0.4) is 0 Å². The van der Waals surface area contributed by atoms with Gasteiger partial charge < -0.3 is 5.32 Å². The van der Waals surface area contributed by atoms with Crippen LogP contribution in [0.1, 0.15) is 43.4 Å². The van der Waals surface area contributed by atoms with E-state index in [4.69, 9.17) is 0 Å². The first-order chi connectivity index (χ1) is 10.1. The normalized spacial score (nSPS) is 19.3. The number of rotatable bonds is 10. The summed E-state index contributed by atoms with van der Waals surface area (Å²) in [4.78, 5) is 1.14. The summed E-state index contributed by atoms with van der Waals surface area (Å²) in [6.45, 7) is 1.51. The lowest BCUT2D eigenvalue weighted by Crippen LogP contribution is -2.34. The Hall–Kier alpha value is -0.430. The SMILES string of the molecule is O=S(=O)(CCCCNC1CC1)N(Cc1cccs1)C1CC1. The first-order valence-corrected chi connectivity index (χ1v) is 10.4. The topological polar surface area (TPSA) is 49.4 Å². The Kier molecular flexibility index (Phi) is 4.99. The largest absolute Gasteiger partial charge is 0.314 e. The maximum atomic E-state index is 12.6. The molecule has 0 radical (unpaired) electrons. The monoisotopic (exact) mass is 328 g/mol. The van der Waals surface area contributed by atoms with Crippen molar-refractivity contribution in [2.75, 3.05) is 12.3 Å². The van der Waals surface area contributed by atoms with E-state index >= 15 is 0 Å². The summed E-state index contributed by atoms with van der Waals surface area (Å²) < 4.78 is 26.9. The lowest BCUT2D eigenvalue weighted by atomic mass is 10.3. The van der Waals surface area contributed by atoms with E-state index < -0.39 is 10.0 Å². The van der Waals surface area contributed by atoms with Crippen LogP contribution < -0.4 is 5.32 Å². The fourth-order valence-corrected chi connectivity index (χ4v) is 5.08. The summed E-state index contributed by atoms with van der Waals surface area (Å²) in [5.41, 5.74) is 0. The zero-order valence-corrected chi connectivity index (χ0v) is 14.0. The molecule has 2 aliphatic carbocycles. The summed E-state index contributed by atoms with van der Waals surface area (Å²) in [5, 5.41) is 5.45. The van der Waals surface area contributed by atoms with Gasteiger partial charge >= 0.3 is 0 Å². The zero-order chi connectivity index (χ0) is 14.7. The van der Waals surface area contributed by atoms with E-state index in [9.17, 15) is 8.42 Å². The molecule has 0 aliphatic heterocycles. The Labute approximate surface area is 131 Å². The molecule has 0 atom stereocenters. The van der Waals surface area contributed by atoms with E-state index in [0.717, 1.165) is 37.1 Å². The van der Waals surface area contributed by atoms with Crippen LogP contribution in [0.25, 0.3) is 0 Å². The van der Waals surface area contributed by atoms with Crippen LogP contribution in [0, 0.1) is 0 Å². The van der Waals surface area contributed by atoms with Crippen LogP contribution in [-0.4, -0.2) is 37.1 Å². The maximum absolute atomic E-state index is 12.6. The van der Waals surface area contributed by atoms with Gasteiger partial charge in [-0.25, -0.2) is 8.42 Å². The average Bonchev–Trinajstić information content (AvgIpc) is 3.37. The van der Waals surface area contributed by atoms with Gasteiger partial charge in [0, 0.05) is 23.5 Å². The highest BCUT2D eigenvalue weighted by Gasteiger charge is 2.36. The summed E-state index contributed by atoms with van der Waals surface area (Å²) in [7, 11) is -3.11. The Morgan fingerprint density at radius 1 is 1.24 bits per heavy atom. The van der Waals surface area contributed by atoms with Crippen LogP contribution in [0.2, 0.25) is 0 Å². The van der Waals surface area contributed by atoms with Crippen LogP contribution in [0.5, 0.6) is 0 Å². The molecular formula is C15H24N2O2S2. The summed E-state index contributed by atoms with van der Waals surface area (Å²) >= 11 is 1.64. The molecule has 6 heteroatoms. The van der Waals surface area contributed by atoms with Gasteiger partial charge in [0.15, 0.2) is 0 Å². The molecule has 21 heavy (non-hydrogen) atoms. The quantitative estimate of drug-likeness (QED) is 0.672. The Morgan fingerprint density at radius 3 is 2.67 bits per heavy atom. The Balaban J connectivity index is 1.47. The molecule has 0 bridgehead atoms. The van der Waals surface area contributed by atoms with Gasteiger partial charge in [-0.1, -0.05) is 6.07 Å². The third-order valence-corrected chi connectivity index (χ3v) is 6.85. The molecule has 1 heterocycles. The number of sulfonamides is 1. The van der Waals surface area contributed by atoms with Crippen LogP contribution in [-0.2, 0) is 16.6 Å². The van der Waals surface area contributed by atoms with E-state index in [2.05, 4.69) is 5.32 Å². The molecule has 0 spiro atoms. The number of thiophene rings is 1. The van der Waals surface area contributed by atoms with Crippen molar-refractivity contribution in [2.24, 2.45) is 0 Å². The van der Waals surface area contributed by atoms with Gasteiger partial charge in [-0.05, 0) is 56.5 Å². The average molecular weight is 329 g/mol. The van der Waals surface area contributed by atoms with Gasteiger partial charge in [0.05, 0.1) is 5.75 Å². The molecule has 1 N–H and O–H groups in total. The molecule has 2 saturated carbocycles. The minimum absolute atomic E-state index is 0.252. The molecule has 0 aromatic carbocycles. The number of hydrogen-bond donors (Lipinski definition) is 1. The first-order valence-electron chi connectivity index (χ1n) is 7.90. The van der Waals surface area contributed by atoms with Crippen molar-refractivity contribution in [3.05, 3.63) is 22.4 Å². The van der Waals surface area contributed by atoms with Gasteiger partial charge in [-0.3, -0.25) is 0 Å². The van der Waals surface area contributed by atoms with Crippen molar-refractivity contribution in [1.82, 2.24) is 9.62 Å². The van der Waals surface area contributed by atoms with Gasteiger partial charge in [0.2, 0.25) is 10.0 Å². The Bertz CT molecular complexity index is 534. The van der Waals surface area contributed by atoms with Gasteiger partial charge in [-0.2, -0.15) is 4.31 Å². The fourth-order valence-electron chi connectivity index (χ4n) is 2.49. The molecule has 118 valence electrons. The predicted molar refractivity (Wildman–Crippen MR) is 86.9 cm³/mol. The van der Waals surface area contributed by atoms with E-state index in [1.54, 1.807) is 15.6 Å². The molecule has 2 fully saturated rings. The molecule has 0 unspecified atom stereocenters. The summed E-state index contributed by atoms with van der Waals surface area (Å²) in [6, 6.07) is 4.97. The summed E-state index contributed by atoms with van der Waals surface area (Å²) in [5.74, 6) is 0.293. The van der Waals surface area contributed by atoms with E-state index in [1.807, 2.05) is 17.5 Å². The van der Waals surface area contributed by atoms with Crippen molar-refractivity contribution in [3.8, 4) is 0 Å². The van der Waals surface area contributed by atoms with Crippen molar-refractivity contribution in [3.63, 3.8) is 0 Å². The van der Waals surface area contributed by atoms with Crippen LogP contribution in [0.15, 0.2) is 17.5 Å². The number of nitrogens with zero attached hydrogens (tertiary/aromatic N) is 1. The molecule has 0 saturated heterocycles. The second-order valence-corrected chi connectivity index (χ2v) is 9.18. The Morgan fingerprint density at radius 2 is 2.05 bits per heavy atom. The highest BCUT2D eigenvalue weighted by Crippen LogP contribution is 2.32. The number of nitrogens with one attached hydrogen (secondary N) is 1. The van der Waals surface area contributed by atoms with E-state index in [1.165, 1.54) is 12.8 Å². The predicted octanol–water partition coefficient (Wildman–Crippen LogP) is 2.57. The van der Waals surface area contributed by atoms with Gasteiger partial charge in [-0.15, -0.1) is 11.3 Å². The lowest BCUT2D eigenvalue weighted by Gasteiger charge is -2.21. The third kappa shape index (κ3) is 4.77. The van der Waals surface area contributed by atoms with Crippen molar-refractivity contribution >= 4 is 21.4 Å². The molecule has 2 aliphatic rings. The highest BCUT2D eigenvalue weighted by atomic mass is 32.2. The standard InChI is InChI=1S/C15H24N2O2S2/c18-21(19,11-2-1-9-16-13-5-6-13)17(14-7-8-14)12-15-4-3-10-20-15/h3-4,10,13-14,16H,1-2,5-9,11-12H2. The zero-order valence-electron chi connectivity index (χ0n) is 12.3. The number of unbranched alkanes of at least 4 members (excludes halogenated alkanes) is 1. The minimum Gasteiger partial charge on any atom is -0.314 e. The van der Waals surface area contributed by atoms with E-state index in [-0.39, 0.29) is 6.04 Å². The summed E-state index contributed by atoms with van der Waals surface area (Å²) in [6.07, 6.45) is 6.33. The fraction of sp³-hybridized carbons (Fsp3) is 0.733. The molecular weight excluding hydrogens is 304 g/mol. The van der Waals surface area contributed by atoms with Crippen molar-refractivity contribution in [2.45, 2.75) is 57.2 Å². The molecule has 3 rings (SSSR count). The molecule has 4 nitrogen and oxygen atoms in total. The second kappa shape index (κ2) is 6.77. The lowest BCUT2D eigenvalue weighted by molar-refractivity contribution is 0.400. The number of hydrogen-bond acceptors (Lipinski definition) is 4. The van der Waals surface area contributed by atoms with Crippen molar-refractivity contribution < 1.29 is 8.42 Å². The molecule has 0 amide bonds.